The maximum Gasteiger partial charge on any atom is 0.313 e. The van der Waals surface area contributed by atoms with Crippen molar-refractivity contribution in [1.29, 1.82) is 0 Å². The van der Waals surface area contributed by atoms with Crippen molar-refractivity contribution in [3.8, 4) is 0 Å². The van der Waals surface area contributed by atoms with Crippen molar-refractivity contribution in [3.63, 3.8) is 0 Å². The molecule has 0 aliphatic carbocycles. The van der Waals surface area contributed by atoms with Crippen LogP contribution in [0.3, 0.4) is 0 Å². The molecule has 0 aliphatic rings. The van der Waals surface area contributed by atoms with Crippen molar-refractivity contribution in [3.05, 3.63) is 0 Å². The number of nitrogens with zero attached hydrogens (tertiary/aromatic N) is 1. The molecule has 0 radical (unpaired) electrons. The standard InChI is InChI=1S/C12H22N2O4/c1-4-18-12(17)5-10(15)7-14(6-9(2)3)8-11(13)16/h9H,4-8H2,1-3H3,(H2,13,16). The molecule has 2 N–H and O–H groups in total. The van der Waals surface area contributed by atoms with Gasteiger partial charge in [0.1, 0.15) is 6.42 Å². The molecule has 0 unspecified atom stereocenters. The Balaban J connectivity index is 4.25. The fourth-order valence-electron chi connectivity index (χ4n) is 1.60. The molecule has 0 bridgehead atoms. The number of ether oxygens (including phenoxy) is 1. The minimum Gasteiger partial charge on any atom is -0.466 e. The number of rotatable bonds is 9. The van der Waals surface area contributed by atoms with Crippen molar-refractivity contribution >= 4 is 17.7 Å². The van der Waals surface area contributed by atoms with Gasteiger partial charge >= 0.3 is 5.97 Å². The number of ketones is 1. The average molecular weight is 258 g/mol. The van der Waals surface area contributed by atoms with Crippen LogP contribution in [0.2, 0.25) is 0 Å². The molecule has 0 rings (SSSR count). The van der Waals surface area contributed by atoms with Crippen molar-refractivity contribution in [2.75, 3.05) is 26.2 Å². The van der Waals surface area contributed by atoms with Crippen LogP contribution in [0.4, 0.5) is 0 Å². The fraction of sp³-hybridized carbons (Fsp3) is 0.750. The van der Waals surface area contributed by atoms with Gasteiger partial charge in [-0.2, -0.15) is 0 Å². The SMILES string of the molecule is CCOC(=O)CC(=O)CN(CC(N)=O)CC(C)C. The molecule has 0 aromatic carbocycles. The summed E-state index contributed by atoms with van der Waals surface area (Å²) in [6.07, 6.45) is -0.263. The molecule has 0 aromatic rings. The van der Waals surface area contributed by atoms with E-state index >= 15 is 0 Å². The minimum absolute atomic E-state index is 0.0206. The number of primary amides is 1. The predicted molar refractivity (Wildman–Crippen MR) is 66.7 cm³/mol. The second-order valence-electron chi connectivity index (χ2n) is 4.55. The van der Waals surface area contributed by atoms with Crippen LogP contribution < -0.4 is 5.73 Å². The lowest BCUT2D eigenvalue weighted by molar-refractivity contribution is -0.145. The molecular weight excluding hydrogens is 236 g/mol. The lowest BCUT2D eigenvalue weighted by Gasteiger charge is -2.21. The normalized spacial score (nSPS) is 10.7. The number of hydrogen-bond acceptors (Lipinski definition) is 5. The van der Waals surface area contributed by atoms with Gasteiger partial charge < -0.3 is 10.5 Å². The van der Waals surface area contributed by atoms with Crippen molar-refractivity contribution in [2.45, 2.75) is 27.2 Å². The van der Waals surface area contributed by atoms with E-state index in [1.165, 1.54) is 0 Å². The van der Waals surface area contributed by atoms with Gasteiger partial charge in [-0.1, -0.05) is 13.8 Å². The largest absolute Gasteiger partial charge is 0.466 e. The highest BCUT2D eigenvalue weighted by Gasteiger charge is 2.17. The minimum atomic E-state index is -0.536. The van der Waals surface area contributed by atoms with Gasteiger partial charge in [0.25, 0.3) is 0 Å². The Labute approximate surface area is 107 Å². The monoisotopic (exact) mass is 258 g/mol. The van der Waals surface area contributed by atoms with Gasteiger partial charge in [0.05, 0.1) is 19.7 Å². The maximum absolute atomic E-state index is 11.6. The second kappa shape index (κ2) is 8.63. The Kier molecular flexibility index (Phi) is 7.94. The number of carbonyl (C=O) groups excluding carboxylic acids is 3. The van der Waals surface area contributed by atoms with Crippen LogP contribution in [0.15, 0.2) is 0 Å². The fourth-order valence-corrected chi connectivity index (χ4v) is 1.60. The molecule has 0 aromatic heterocycles. The summed E-state index contributed by atoms with van der Waals surface area (Å²) in [4.78, 5) is 35.3. The first kappa shape index (κ1) is 16.6. The van der Waals surface area contributed by atoms with Crippen LogP contribution >= 0.6 is 0 Å². The molecule has 0 aliphatic heterocycles. The maximum atomic E-state index is 11.6. The van der Waals surface area contributed by atoms with Gasteiger partial charge in [-0.15, -0.1) is 0 Å². The van der Waals surface area contributed by atoms with E-state index in [0.717, 1.165) is 0 Å². The van der Waals surface area contributed by atoms with Crippen LogP contribution in [0.5, 0.6) is 0 Å². The first-order valence-corrected chi connectivity index (χ1v) is 6.03. The summed E-state index contributed by atoms with van der Waals surface area (Å²) < 4.78 is 4.69. The summed E-state index contributed by atoms with van der Waals surface area (Å²) in [6, 6.07) is 0. The van der Waals surface area contributed by atoms with Crippen molar-refractivity contribution in [2.24, 2.45) is 11.7 Å². The van der Waals surface area contributed by atoms with Gasteiger partial charge in [0.2, 0.25) is 5.91 Å². The number of esters is 1. The molecule has 0 spiro atoms. The zero-order chi connectivity index (χ0) is 14.1. The molecule has 104 valence electrons. The Bertz CT molecular complexity index is 302. The molecule has 18 heavy (non-hydrogen) atoms. The molecule has 0 saturated heterocycles. The lowest BCUT2D eigenvalue weighted by atomic mass is 10.2. The van der Waals surface area contributed by atoms with Crippen LogP contribution in [-0.2, 0) is 19.1 Å². The van der Waals surface area contributed by atoms with Crippen molar-refractivity contribution in [1.82, 2.24) is 4.90 Å². The number of nitrogens with two attached hydrogens (primary N) is 1. The van der Waals surface area contributed by atoms with Gasteiger partial charge in [0, 0.05) is 6.54 Å². The van der Waals surface area contributed by atoms with E-state index < -0.39 is 11.9 Å². The van der Waals surface area contributed by atoms with E-state index in [-0.39, 0.29) is 31.9 Å². The summed E-state index contributed by atoms with van der Waals surface area (Å²) in [5.41, 5.74) is 5.11. The molecule has 0 heterocycles. The van der Waals surface area contributed by atoms with Crippen molar-refractivity contribution < 1.29 is 19.1 Å². The van der Waals surface area contributed by atoms with Crippen LogP contribution in [0.1, 0.15) is 27.2 Å². The van der Waals surface area contributed by atoms with Gasteiger partial charge in [0.15, 0.2) is 5.78 Å². The van der Waals surface area contributed by atoms with E-state index in [4.69, 9.17) is 5.73 Å². The Morgan fingerprint density at radius 3 is 2.28 bits per heavy atom. The molecular formula is C12H22N2O4. The second-order valence-corrected chi connectivity index (χ2v) is 4.55. The number of hydrogen-bond donors (Lipinski definition) is 1. The lowest BCUT2D eigenvalue weighted by Crippen LogP contribution is -2.39. The molecule has 0 fully saturated rings. The summed E-state index contributed by atoms with van der Waals surface area (Å²) >= 11 is 0. The third-order valence-corrected chi connectivity index (χ3v) is 2.05. The van der Waals surface area contributed by atoms with Gasteiger partial charge in [-0.05, 0) is 12.8 Å². The molecule has 6 heteroatoms. The summed E-state index contributed by atoms with van der Waals surface area (Å²) in [6.45, 7) is 6.53. The third-order valence-electron chi connectivity index (χ3n) is 2.05. The first-order valence-electron chi connectivity index (χ1n) is 6.03. The predicted octanol–water partition coefficient (Wildman–Crippen LogP) is -0.0480. The van der Waals surface area contributed by atoms with E-state index in [9.17, 15) is 14.4 Å². The molecule has 1 amide bonds. The van der Waals surface area contributed by atoms with E-state index in [2.05, 4.69) is 4.74 Å². The summed E-state index contributed by atoms with van der Waals surface area (Å²) in [7, 11) is 0. The Hall–Kier alpha value is -1.43. The molecule has 0 atom stereocenters. The van der Waals surface area contributed by atoms with Crippen LogP contribution in [0, 0.1) is 5.92 Å². The van der Waals surface area contributed by atoms with E-state index in [0.29, 0.717) is 12.5 Å². The van der Waals surface area contributed by atoms with E-state index in [1.807, 2.05) is 13.8 Å². The van der Waals surface area contributed by atoms with Crippen LogP contribution in [-0.4, -0.2) is 48.8 Å². The zero-order valence-electron chi connectivity index (χ0n) is 11.3. The highest BCUT2D eigenvalue weighted by Crippen LogP contribution is 2.00. The highest BCUT2D eigenvalue weighted by atomic mass is 16.5. The van der Waals surface area contributed by atoms with Gasteiger partial charge in [-0.25, -0.2) is 0 Å². The Morgan fingerprint density at radius 1 is 1.22 bits per heavy atom. The Morgan fingerprint density at radius 2 is 1.83 bits per heavy atom. The topological polar surface area (TPSA) is 89.7 Å². The number of Topliss-reactive ketones (excluding diaryl/α,β-unsaturated/α-hetero) is 1. The quantitative estimate of drug-likeness (QED) is 0.462. The van der Waals surface area contributed by atoms with Crippen LogP contribution in [0.25, 0.3) is 0 Å². The first-order chi connectivity index (χ1) is 8.35. The number of amides is 1. The average Bonchev–Trinajstić information content (AvgIpc) is 2.14. The third kappa shape index (κ3) is 8.69. The molecule has 0 saturated carbocycles. The van der Waals surface area contributed by atoms with Gasteiger partial charge in [-0.3, -0.25) is 19.3 Å². The smallest absolute Gasteiger partial charge is 0.313 e. The zero-order valence-corrected chi connectivity index (χ0v) is 11.3. The number of carbonyl (C=O) groups is 3. The van der Waals surface area contributed by atoms with E-state index in [1.54, 1.807) is 11.8 Å². The summed E-state index contributed by atoms with van der Waals surface area (Å²) in [5.74, 6) is -0.985. The molecule has 6 nitrogen and oxygen atoms in total. The highest BCUT2D eigenvalue weighted by molar-refractivity contribution is 5.96. The summed E-state index contributed by atoms with van der Waals surface area (Å²) in [5, 5.41) is 0.